The Morgan fingerprint density at radius 1 is 0.864 bits per heavy atom. The molecule has 1 aromatic carbocycles. The Morgan fingerprint density at radius 2 is 1.41 bits per heavy atom. The van der Waals surface area contributed by atoms with Crippen LogP contribution in [0.1, 0.15) is 47.4 Å². The standard InChI is InChI=1S/C16H25N3O2.ClH/c1-3-8-17-10-11-19-16(21)14-7-5-6-13(12-14)15(20)18-9-4-2;/h5-7,12,17H,3-4,8-11H2,1-2H3,(H,18,20)(H,19,21);1H. The normalized spacial score (nSPS) is 9.73. The van der Waals surface area contributed by atoms with Crippen LogP contribution in [0.2, 0.25) is 0 Å². The van der Waals surface area contributed by atoms with Crippen LogP contribution < -0.4 is 16.0 Å². The van der Waals surface area contributed by atoms with Gasteiger partial charge >= 0.3 is 0 Å². The SMILES string of the molecule is CCCNCCNC(=O)c1cccc(C(=O)NCCC)c1.Cl. The van der Waals surface area contributed by atoms with E-state index in [4.69, 9.17) is 0 Å². The molecule has 1 rings (SSSR count). The highest BCUT2D eigenvalue weighted by atomic mass is 35.5. The molecule has 0 atom stereocenters. The first-order valence-corrected chi connectivity index (χ1v) is 7.56. The summed E-state index contributed by atoms with van der Waals surface area (Å²) in [6, 6.07) is 6.78. The van der Waals surface area contributed by atoms with Gasteiger partial charge < -0.3 is 16.0 Å². The van der Waals surface area contributed by atoms with Crippen molar-refractivity contribution in [3.8, 4) is 0 Å². The maximum Gasteiger partial charge on any atom is 0.251 e. The number of carbonyl (C=O) groups is 2. The van der Waals surface area contributed by atoms with E-state index in [1.165, 1.54) is 0 Å². The van der Waals surface area contributed by atoms with Crippen molar-refractivity contribution in [2.45, 2.75) is 26.7 Å². The first-order chi connectivity index (χ1) is 10.2. The van der Waals surface area contributed by atoms with Crippen LogP contribution in [0.3, 0.4) is 0 Å². The molecule has 5 nitrogen and oxygen atoms in total. The lowest BCUT2D eigenvalue weighted by atomic mass is 10.1. The van der Waals surface area contributed by atoms with Crippen LogP contribution in [0, 0.1) is 0 Å². The third-order valence-corrected chi connectivity index (χ3v) is 2.94. The molecule has 0 aliphatic heterocycles. The first kappa shape index (κ1) is 20.4. The summed E-state index contributed by atoms with van der Waals surface area (Å²) >= 11 is 0. The molecule has 0 saturated heterocycles. The third-order valence-electron chi connectivity index (χ3n) is 2.94. The van der Waals surface area contributed by atoms with Gasteiger partial charge in [0.15, 0.2) is 0 Å². The minimum absolute atomic E-state index is 0. The van der Waals surface area contributed by atoms with Crippen molar-refractivity contribution in [3.63, 3.8) is 0 Å². The summed E-state index contributed by atoms with van der Waals surface area (Å²) < 4.78 is 0. The fourth-order valence-electron chi connectivity index (χ4n) is 1.81. The fourth-order valence-corrected chi connectivity index (χ4v) is 1.81. The second kappa shape index (κ2) is 12.0. The zero-order valence-corrected chi connectivity index (χ0v) is 14.1. The molecular formula is C16H26ClN3O2. The summed E-state index contributed by atoms with van der Waals surface area (Å²) in [6.07, 6.45) is 1.96. The quantitative estimate of drug-likeness (QED) is 0.607. The zero-order chi connectivity index (χ0) is 15.5. The van der Waals surface area contributed by atoms with Gasteiger partial charge in [-0.15, -0.1) is 12.4 Å². The van der Waals surface area contributed by atoms with Crippen LogP contribution in [0.5, 0.6) is 0 Å². The molecule has 0 fully saturated rings. The molecular weight excluding hydrogens is 302 g/mol. The van der Waals surface area contributed by atoms with Crippen LogP contribution >= 0.6 is 12.4 Å². The molecule has 2 amide bonds. The predicted molar refractivity (Wildman–Crippen MR) is 91.8 cm³/mol. The number of rotatable bonds is 9. The predicted octanol–water partition coefficient (Wildman–Crippen LogP) is 1.98. The van der Waals surface area contributed by atoms with Gasteiger partial charge in [-0.25, -0.2) is 0 Å². The van der Waals surface area contributed by atoms with Crippen LogP contribution in [-0.4, -0.2) is 38.0 Å². The van der Waals surface area contributed by atoms with Crippen molar-refractivity contribution in [1.82, 2.24) is 16.0 Å². The van der Waals surface area contributed by atoms with E-state index in [2.05, 4.69) is 22.9 Å². The summed E-state index contributed by atoms with van der Waals surface area (Å²) in [7, 11) is 0. The highest BCUT2D eigenvalue weighted by Crippen LogP contribution is 2.05. The molecule has 3 N–H and O–H groups in total. The summed E-state index contributed by atoms with van der Waals surface area (Å²) in [5.41, 5.74) is 1.02. The van der Waals surface area contributed by atoms with E-state index in [1.807, 2.05) is 6.92 Å². The van der Waals surface area contributed by atoms with Crippen molar-refractivity contribution < 1.29 is 9.59 Å². The van der Waals surface area contributed by atoms with Gasteiger partial charge in [-0.3, -0.25) is 9.59 Å². The number of benzene rings is 1. The van der Waals surface area contributed by atoms with E-state index in [-0.39, 0.29) is 24.2 Å². The van der Waals surface area contributed by atoms with E-state index in [9.17, 15) is 9.59 Å². The monoisotopic (exact) mass is 327 g/mol. The van der Waals surface area contributed by atoms with E-state index in [1.54, 1.807) is 24.3 Å². The molecule has 0 saturated carbocycles. The zero-order valence-electron chi connectivity index (χ0n) is 13.3. The van der Waals surface area contributed by atoms with Gasteiger partial charge in [0.1, 0.15) is 0 Å². The maximum absolute atomic E-state index is 12.0. The number of hydrogen-bond donors (Lipinski definition) is 3. The maximum atomic E-state index is 12.0. The van der Waals surface area contributed by atoms with Crippen molar-refractivity contribution in [2.24, 2.45) is 0 Å². The van der Waals surface area contributed by atoms with Gasteiger partial charge in [-0.2, -0.15) is 0 Å². The summed E-state index contributed by atoms with van der Waals surface area (Å²) in [4.78, 5) is 23.9. The second-order valence-electron chi connectivity index (χ2n) is 4.84. The Balaban J connectivity index is 0.00000441. The van der Waals surface area contributed by atoms with Gasteiger partial charge in [-0.1, -0.05) is 19.9 Å². The van der Waals surface area contributed by atoms with Crippen molar-refractivity contribution in [2.75, 3.05) is 26.2 Å². The molecule has 0 aromatic heterocycles. The Hall–Kier alpha value is -1.59. The van der Waals surface area contributed by atoms with Crippen LogP contribution in [0.15, 0.2) is 24.3 Å². The van der Waals surface area contributed by atoms with Crippen LogP contribution in [0.25, 0.3) is 0 Å². The second-order valence-corrected chi connectivity index (χ2v) is 4.84. The average Bonchev–Trinajstić information content (AvgIpc) is 2.52. The molecule has 0 heterocycles. The van der Waals surface area contributed by atoms with Crippen LogP contribution in [0.4, 0.5) is 0 Å². The molecule has 124 valence electrons. The smallest absolute Gasteiger partial charge is 0.251 e. The third kappa shape index (κ3) is 7.43. The number of halogens is 1. The summed E-state index contributed by atoms with van der Waals surface area (Å²) in [5, 5.41) is 8.85. The molecule has 0 bridgehead atoms. The van der Waals surface area contributed by atoms with Gasteiger partial charge in [0.2, 0.25) is 0 Å². The topological polar surface area (TPSA) is 70.2 Å². The lowest BCUT2D eigenvalue weighted by Gasteiger charge is -2.08. The minimum Gasteiger partial charge on any atom is -0.352 e. The summed E-state index contributed by atoms with van der Waals surface area (Å²) in [5.74, 6) is -0.297. The number of nitrogens with one attached hydrogen (secondary N) is 3. The van der Waals surface area contributed by atoms with Gasteiger partial charge in [0.25, 0.3) is 11.8 Å². The molecule has 1 aromatic rings. The number of carbonyl (C=O) groups excluding carboxylic acids is 2. The van der Waals surface area contributed by atoms with E-state index >= 15 is 0 Å². The highest BCUT2D eigenvalue weighted by Gasteiger charge is 2.09. The van der Waals surface area contributed by atoms with Gasteiger partial charge in [0, 0.05) is 30.8 Å². The van der Waals surface area contributed by atoms with Crippen molar-refractivity contribution >= 4 is 24.2 Å². The van der Waals surface area contributed by atoms with Gasteiger partial charge in [0.05, 0.1) is 0 Å². The van der Waals surface area contributed by atoms with Crippen LogP contribution in [-0.2, 0) is 0 Å². The number of amides is 2. The molecule has 0 unspecified atom stereocenters. The van der Waals surface area contributed by atoms with E-state index in [0.717, 1.165) is 25.9 Å². The molecule has 22 heavy (non-hydrogen) atoms. The lowest BCUT2D eigenvalue weighted by molar-refractivity contribution is 0.0953. The van der Waals surface area contributed by atoms with Crippen molar-refractivity contribution in [3.05, 3.63) is 35.4 Å². The molecule has 0 aliphatic carbocycles. The molecule has 0 radical (unpaired) electrons. The molecule has 6 heteroatoms. The van der Waals surface area contributed by atoms with E-state index in [0.29, 0.717) is 24.2 Å². The van der Waals surface area contributed by atoms with E-state index < -0.39 is 0 Å². The first-order valence-electron chi connectivity index (χ1n) is 7.56. The average molecular weight is 328 g/mol. The Bertz CT molecular complexity index is 466. The highest BCUT2D eigenvalue weighted by molar-refractivity contribution is 5.99. The largest absolute Gasteiger partial charge is 0.352 e. The van der Waals surface area contributed by atoms with Crippen molar-refractivity contribution in [1.29, 1.82) is 0 Å². The van der Waals surface area contributed by atoms with Gasteiger partial charge in [-0.05, 0) is 37.6 Å². The minimum atomic E-state index is -0.154. The molecule has 0 aliphatic rings. The Kier molecular flexibility index (Phi) is 11.1. The lowest BCUT2D eigenvalue weighted by Crippen LogP contribution is -2.32. The molecule has 0 spiro atoms. The number of hydrogen-bond acceptors (Lipinski definition) is 3. The fraction of sp³-hybridized carbons (Fsp3) is 0.500. The summed E-state index contributed by atoms with van der Waals surface area (Å²) in [6.45, 7) is 7.00. The Labute approximate surface area is 138 Å². The Morgan fingerprint density at radius 3 is 1.95 bits per heavy atom.